The zero-order valence-corrected chi connectivity index (χ0v) is 29.7. The number of fused-ring (bicyclic) bond motifs is 4. The predicted octanol–water partition coefficient (Wildman–Crippen LogP) is 14.4. The number of aromatic nitrogens is 1. The lowest BCUT2D eigenvalue weighted by Crippen LogP contribution is -2.10. The molecule has 54 heavy (non-hydrogen) atoms. The second kappa shape index (κ2) is 13.4. The maximum atomic E-state index is 2.38. The van der Waals surface area contributed by atoms with Crippen LogP contribution in [-0.2, 0) is 0 Å². The van der Waals surface area contributed by atoms with Gasteiger partial charge in [-0.3, -0.25) is 0 Å². The van der Waals surface area contributed by atoms with Crippen LogP contribution in [0.2, 0.25) is 0 Å². The first kappa shape index (κ1) is 31.6. The second-order valence-electron chi connectivity index (χ2n) is 13.8. The Morgan fingerprint density at radius 1 is 0.315 bits per heavy atom. The van der Waals surface area contributed by atoms with Crippen molar-refractivity contribution in [2.24, 2.45) is 0 Å². The third kappa shape index (κ3) is 5.62. The van der Waals surface area contributed by atoms with Crippen molar-refractivity contribution < 1.29 is 0 Å². The molecule has 0 fully saturated rings. The van der Waals surface area contributed by atoms with Gasteiger partial charge in [0.1, 0.15) is 0 Å². The Kier molecular flexibility index (Phi) is 7.85. The van der Waals surface area contributed by atoms with Crippen LogP contribution in [0.3, 0.4) is 0 Å². The van der Waals surface area contributed by atoms with Crippen LogP contribution in [0.25, 0.3) is 71.6 Å². The van der Waals surface area contributed by atoms with Crippen LogP contribution >= 0.6 is 0 Å². The molecule has 0 N–H and O–H groups in total. The van der Waals surface area contributed by atoms with Crippen LogP contribution in [0.4, 0.5) is 17.1 Å². The Balaban J connectivity index is 1.08. The molecule has 2 heteroatoms. The van der Waals surface area contributed by atoms with Gasteiger partial charge in [0.05, 0.1) is 11.0 Å². The lowest BCUT2D eigenvalue weighted by Gasteiger charge is -2.26. The van der Waals surface area contributed by atoms with E-state index in [1.165, 1.54) is 66.0 Å². The molecule has 0 bridgehead atoms. The molecule has 0 radical (unpaired) electrons. The van der Waals surface area contributed by atoms with E-state index >= 15 is 0 Å². The second-order valence-corrected chi connectivity index (χ2v) is 13.8. The Morgan fingerprint density at radius 3 is 1.67 bits per heavy atom. The highest BCUT2D eigenvalue weighted by molar-refractivity contribution is 6.15. The fraction of sp³-hybridized carbons (Fsp3) is 0. The van der Waals surface area contributed by atoms with Crippen LogP contribution in [-0.4, -0.2) is 4.57 Å². The molecule has 0 atom stereocenters. The number of hydrogen-bond acceptors (Lipinski definition) is 1. The van der Waals surface area contributed by atoms with Gasteiger partial charge in [0.15, 0.2) is 0 Å². The Labute approximate surface area is 315 Å². The smallest absolute Gasteiger partial charge is 0.0547 e. The summed E-state index contributed by atoms with van der Waals surface area (Å²) < 4.78 is 2.38. The van der Waals surface area contributed by atoms with Gasteiger partial charge < -0.3 is 9.47 Å². The van der Waals surface area contributed by atoms with E-state index in [1.807, 2.05) is 0 Å². The summed E-state index contributed by atoms with van der Waals surface area (Å²) in [6, 6.07) is 78.8. The first-order chi connectivity index (χ1) is 26.8. The van der Waals surface area contributed by atoms with Gasteiger partial charge in [-0.1, -0.05) is 158 Å². The first-order valence-corrected chi connectivity index (χ1v) is 18.5. The number of hydrogen-bond donors (Lipinski definition) is 0. The van der Waals surface area contributed by atoms with Crippen molar-refractivity contribution in [3.8, 4) is 39.1 Å². The normalized spacial score (nSPS) is 11.3. The summed E-state index contributed by atoms with van der Waals surface area (Å²) in [7, 11) is 0. The van der Waals surface area contributed by atoms with E-state index in [-0.39, 0.29) is 0 Å². The monoisotopic (exact) mass is 688 g/mol. The highest BCUT2D eigenvalue weighted by Crippen LogP contribution is 2.42. The molecule has 1 aromatic heterocycles. The molecule has 0 saturated carbocycles. The van der Waals surface area contributed by atoms with Crippen molar-refractivity contribution in [2.75, 3.05) is 4.90 Å². The van der Waals surface area contributed by atoms with Crippen LogP contribution in [0.5, 0.6) is 0 Å². The number of anilines is 3. The lowest BCUT2D eigenvalue weighted by molar-refractivity contribution is 1.18. The zero-order valence-electron chi connectivity index (χ0n) is 29.7. The van der Waals surface area contributed by atoms with Gasteiger partial charge in [-0.15, -0.1) is 0 Å². The van der Waals surface area contributed by atoms with Gasteiger partial charge in [-0.25, -0.2) is 0 Å². The van der Waals surface area contributed by atoms with Crippen LogP contribution < -0.4 is 4.90 Å². The van der Waals surface area contributed by atoms with E-state index in [1.54, 1.807) is 0 Å². The molecule has 10 rings (SSSR count). The molecule has 0 aliphatic carbocycles. The van der Waals surface area contributed by atoms with Crippen molar-refractivity contribution in [1.29, 1.82) is 0 Å². The summed E-state index contributed by atoms with van der Waals surface area (Å²) in [5.74, 6) is 0. The van der Waals surface area contributed by atoms with E-state index < -0.39 is 0 Å². The minimum Gasteiger partial charge on any atom is -0.310 e. The molecule has 0 aliphatic rings. The highest BCUT2D eigenvalue weighted by Gasteiger charge is 2.18. The van der Waals surface area contributed by atoms with Crippen molar-refractivity contribution in [3.05, 3.63) is 218 Å². The Bertz CT molecular complexity index is 2910. The summed E-state index contributed by atoms with van der Waals surface area (Å²) >= 11 is 0. The number of benzene rings is 9. The summed E-state index contributed by atoms with van der Waals surface area (Å²) in [6.07, 6.45) is 0. The van der Waals surface area contributed by atoms with Gasteiger partial charge in [0, 0.05) is 33.5 Å². The topological polar surface area (TPSA) is 8.17 Å². The molecular formula is C52H36N2. The molecule has 10 aromatic rings. The summed E-state index contributed by atoms with van der Waals surface area (Å²) in [5, 5.41) is 4.96. The Hall–Kier alpha value is -7.16. The summed E-state index contributed by atoms with van der Waals surface area (Å²) in [6.45, 7) is 0. The summed E-state index contributed by atoms with van der Waals surface area (Å²) in [5.41, 5.74) is 14.1. The molecule has 0 amide bonds. The Morgan fingerprint density at radius 2 is 0.870 bits per heavy atom. The third-order valence-electron chi connectivity index (χ3n) is 10.6. The molecule has 0 unspecified atom stereocenters. The standard InChI is InChI=1S/C52H36N2/c1-3-13-37(14-4-1)39-25-27-40(28-26-39)43-17-11-20-46(35-43)53(47-34-29-38-15-7-8-16-42(38)36-47)45-32-30-41(31-33-45)48-22-12-24-51-52(48)49-21-9-10-23-50(49)54(51)44-18-5-2-6-19-44/h1-36H. The average molecular weight is 689 g/mol. The quantitative estimate of drug-likeness (QED) is 0.162. The average Bonchev–Trinajstić information content (AvgIpc) is 3.59. The van der Waals surface area contributed by atoms with Gasteiger partial charge >= 0.3 is 0 Å². The fourth-order valence-electron chi connectivity index (χ4n) is 7.98. The minimum atomic E-state index is 1.10. The molecule has 0 saturated heterocycles. The van der Waals surface area contributed by atoms with E-state index in [0.717, 1.165) is 22.7 Å². The van der Waals surface area contributed by atoms with Crippen LogP contribution in [0.15, 0.2) is 218 Å². The number of nitrogens with zero attached hydrogens (tertiary/aromatic N) is 2. The largest absolute Gasteiger partial charge is 0.310 e. The van der Waals surface area contributed by atoms with Crippen molar-refractivity contribution in [2.45, 2.75) is 0 Å². The molecule has 0 aliphatic heterocycles. The lowest BCUT2D eigenvalue weighted by atomic mass is 9.98. The minimum absolute atomic E-state index is 1.10. The third-order valence-corrected chi connectivity index (χ3v) is 10.6. The van der Waals surface area contributed by atoms with Crippen LogP contribution in [0, 0.1) is 0 Å². The molecular weight excluding hydrogens is 653 g/mol. The fourth-order valence-corrected chi connectivity index (χ4v) is 7.98. The molecule has 1 heterocycles. The first-order valence-electron chi connectivity index (χ1n) is 18.5. The van der Waals surface area contributed by atoms with E-state index in [2.05, 4.69) is 228 Å². The number of rotatable bonds is 7. The van der Waals surface area contributed by atoms with Crippen molar-refractivity contribution in [1.82, 2.24) is 4.57 Å². The van der Waals surface area contributed by atoms with Crippen molar-refractivity contribution in [3.63, 3.8) is 0 Å². The maximum absolute atomic E-state index is 2.38. The maximum Gasteiger partial charge on any atom is 0.0547 e. The van der Waals surface area contributed by atoms with E-state index in [4.69, 9.17) is 0 Å². The van der Waals surface area contributed by atoms with Gasteiger partial charge in [0.25, 0.3) is 0 Å². The zero-order chi connectivity index (χ0) is 35.8. The van der Waals surface area contributed by atoms with Gasteiger partial charge in [-0.2, -0.15) is 0 Å². The molecule has 9 aromatic carbocycles. The van der Waals surface area contributed by atoms with Gasteiger partial charge in [0.2, 0.25) is 0 Å². The SMILES string of the molecule is c1ccc(-c2ccc(-c3cccc(N(c4ccc(-c5cccc6c5c5ccccc5n6-c5ccccc5)cc4)c4ccc5ccccc5c4)c3)cc2)cc1. The molecule has 2 nitrogen and oxygen atoms in total. The highest BCUT2D eigenvalue weighted by atomic mass is 15.1. The molecule has 254 valence electrons. The van der Waals surface area contributed by atoms with E-state index in [9.17, 15) is 0 Å². The number of para-hydroxylation sites is 2. The van der Waals surface area contributed by atoms with E-state index in [0.29, 0.717) is 0 Å². The van der Waals surface area contributed by atoms with Crippen molar-refractivity contribution >= 4 is 49.6 Å². The van der Waals surface area contributed by atoms with Crippen LogP contribution in [0.1, 0.15) is 0 Å². The molecule has 0 spiro atoms. The summed E-state index contributed by atoms with van der Waals surface area (Å²) in [4.78, 5) is 2.37. The predicted molar refractivity (Wildman–Crippen MR) is 229 cm³/mol. The van der Waals surface area contributed by atoms with Gasteiger partial charge in [-0.05, 0) is 105 Å².